The number of ether oxygens (including phenoxy) is 1. The fourth-order valence-corrected chi connectivity index (χ4v) is 3.23. The minimum Gasteiger partial charge on any atom is -0.493 e. The second-order valence-electron chi connectivity index (χ2n) is 6.54. The Hall–Kier alpha value is -3.33. The molecule has 0 aromatic heterocycles. The van der Waals surface area contributed by atoms with Crippen molar-refractivity contribution in [2.24, 2.45) is 0 Å². The van der Waals surface area contributed by atoms with Crippen LogP contribution in [-0.2, 0) is 4.79 Å². The number of hydrogen-bond donors (Lipinski definition) is 1. The number of para-hydroxylation sites is 1. The third-order valence-electron chi connectivity index (χ3n) is 4.69. The van der Waals surface area contributed by atoms with Gasteiger partial charge in [-0.15, -0.1) is 0 Å². The first-order valence-corrected chi connectivity index (χ1v) is 9.43. The minimum atomic E-state index is -0.836. The van der Waals surface area contributed by atoms with E-state index in [2.05, 4.69) is 18.2 Å². The normalized spacial score (nSPS) is 12.4. The maximum absolute atomic E-state index is 11.6. The number of carboxylic acid groups (broad SMARTS) is 1. The van der Waals surface area contributed by atoms with Gasteiger partial charge in [-0.25, -0.2) is 0 Å². The van der Waals surface area contributed by atoms with Crippen LogP contribution >= 0.6 is 0 Å². The first-order valence-electron chi connectivity index (χ1n) is 9.43. The number of carbonyl (C=O) groups is 1. The van der Waals surface area contributed by atoms with E-state index in [0.717, 1.165) is 33.6 Å². The number of hydrogen-bond acceptors (Lipinski definition) is 2. The Kier molecular flexibility index (Phi) is 6.28. The van der Waals surface area contributed by atoms with Crippen molar-refractivity contribution in [3.8, 4) is 5.75 Å². The van der Waals surface area contributed by atoms with Crippen LogP contribution in [0.2, 0.25) is 0 Å². The summed E-state index contributed by atoms with van der Waals surface area (Å²) in [5.74, 6) is -0.618. The molecular formula is C25H24O3. The fraction of sp³-hybridized carbons (Fsp3) is 0.160. The summed E-state index contributed by atoms with van der Waals surface area (Å²) in [6.45, 7) is 4.25. The average Bonchev–Trinajstić information content (AvgIpc) is 2.73. The molecule has 3 heteroatoms. The third-order valence-corrected chi connectivity index (χ3v) is 4.69. The van der Waals surface area contributed by atoms with E-state index in [1.54, 1.807) is 6.92 Å². The Labute approximate surface area is 165 Å². The molecule has 0 amide bonds. The maximum Gasteiger partial charge on any atom is 0.310 e. The molecule has 0 bridgehead atoms. The molecule has 142 valence electrons. The fourth-order valence-electron chi connectivity index (χ4n) is 3.23. The van der Waals surface area contributed by atoms with E-state index in [0.29, 0.717) is 6.61 Å². The van der Waals surface area contributed by atoms with Crippen LogP contribution in [0, 0.1) is 0 Å². The molecule has 3 aromatic carbocycles. The first kappa shape index (κ1) is 19.4. The second-order valence-corrected chi connectivity index (χ2v) is 6.54. The van der Waals surface area contributed by atoms with E-state index in [1.165, 1.54) is 0 Å². The zero-order valence-corrected chi connectivity index (χ0v) is 16.1. The van der Waals surface area contributed by atoms with Gasteiger partial charge >= 0.3 is 5.97 Å². The lowest BCUT2D eigenvalue weighted by Gasteiger charge is -2.16. The van der Waals surface area contributed by atoms with E-state index in [1.807, 2.05) is 73.7 Å². The summed E-state index contributed by atoms with van der Waals surface area (Å²) in [4.78, 5) is 11.6. The smallest absolute Gasteiger partial charge is 0.310 e. The third kappa shape index (κ3) is 4.32. The molecule has 3 rings (SSSR count). The minimum absolute atomic E-state index is 0.575. The van der Waals surface area contributed by atoms with Crippen LogP contribution in [0.15, 0.2) is 78.9 Å². The molecule has 0 saturated heterocycles. The molecule has 0 aliphatic carbocycles. The Morgan fingerprint density at radius 2 is 1.61 bits per heavy atom. The van der Waals surface area contributed by atoms with Crippen LogP contribution in [-0.4, -0.2) is 17.7 Å². The Morgan fingerprint density at radius 1 is 0.964 bits per heavy atom. The molecule has 0 aliphatic heterocycles. The lowest BCUT2D eigenvalue weighted by Crippen LogP contribution is -2.08. The van der Waals surface area contributed by atoms with Gasteiger partial charge in [0, 0.05) is 5.56 Å². The van der Waals surface area contributed by atoms with Crippen molar-refractivity contribution in [2.45, 2.75) is 19.8 Å². The molecule has 3 aromatic rings. The van der Waals surface area contributed by atoms with E-state index in [4.69, 9.17) is 4.74 Å². The van der Waals surface area contributed by atoms with Crippen molar-refractivity contribution < 1.29 is 14.6 Å². The summed E-state index contributed by atoms with van der Waals surface area (Å²) in [7, 11) is 0. The molecular weight excluding hydrogens is 348 g/mol. The Balaban J connectivity index is 2.22. The average molecular weight is 372 g/mol. The highest BCUT2D eigenvalue weighted by atomic mass is 16.5. The Bertz CT molecular complexity index is 974. The van der Waals surface area contributed by atoms with Gasteiger partial charge in [0.15, 0.2) is 0 Å². The number of benzene rings is 3. The van der Waals surface area contributed by atoms with Gasteiger partial charge in [0.05, 0.1) is 12.5 Å². The molecule has 3 nitrogen and oxygen atoms in total. The predicted molar refractivity (Wildman–Crippen MR) is 114 cm³/mol. The first-order chi connectivity index (χ1) is 13.6. The topological polar surface area (TPSA) is 46.5 Å². The molecule has 28 heavy (non-hydrogen) atoms. The van der Waals surface area contributed by atoms with Crippen molar-refractivity contribution in [3.63, 3.8) is 0 Å². The van der Waals surface area contributed by atoms with Gasteiger partial charge < -0.3 is 9.84 Å². The zero-order chi connectivity index (χ0) is 19.9. The lowest BCUT2D eigenvalue weighted by molar-refractivity contribution is -0.138. The molecule has 1 atom stereocenters. The van der Waals surface area contributed by atoms with Crippen molar-refractivity contribution in [3.05, 3.63) is 101 Å². The highest BCUT2D eigenvalue weighted by molar-refractivity contribution is 5.94. The van der Waals surface area contributed by atoms with Crippen molar-refractivity contribution >= 4 is 17.6 Å². The second kappa shape index (κ2) is 9.05. The number of aliphatic carboxylic acids is 1. The summed E-state index contributed by atoms with van der Waals surface area (Å²) >= 11 is 0. The van der Waals surface area contributed by atoms with Crippen LogP contribution in [0.1, 0.15) is 42.0 Å². The Morgan fingerprint density at radius 3 is 2.32 bits per heavy atom. The van der Waals surface area contributed by atoms with E-state index in [-0.39, 0.29) is 0 Å². The van der Waals surface area contributed by atoms with Gasteiger partial charge in [0.25, 0.3) is 0 Å². The molecule has 0 radical (unpaired) electrons. The molecule has 0 spiro atoms. The van der Waals surface area contributed by atoms with Gasteiger partial charge in [-0.05, 0) is 48.3 Å². The maximum atomic E-state index is 11.6. The molecule has 0 saturated carbocycles. The summed E-state index contributed by atoms with van der Waals surface area (Å²) in [5, 5.41) is 9.50. The van der Waals surface area contributed by atoms with E-state index in [9.17, 15) is 9.90 Å². The van der Waals surface area contributed by atoms with Crippen molar-refractivity contribution in [2.75, 3.05) is 6.61 Å². The van der Waals surface area contributed by atoms with Gasteiger partial charge in [-0.3, -0.25) is 4.79 Å². The highest BCUT2D eigenvalue weighted by Gasteiger charge is 2.18. The van der Waals surface area contributed by atoms with Crippen molar-refractivity contribution in [1.29, 1.82) is 0 Å². The SMILES string of the molecule is CCOc1ccccc1C(=Cc1ccccc1C(C)C(=O)O)c1ccccc1. The van der Waals surface area contributed by atoms with Gasteiger partial charge in [-0.1, -0.05) is 72.8 Å². The zero-order valence-electron chi connectivity index (χ0n) is 16.1. The highest BCUT2D eigenvalue weighted by Crippen LogP contribution is 2.34. The summed E-state index contributed by atoms with van der Waals surface area (Å²) < 4.78 is 5.86. The largest absolute Gasteiger partial charge is 0.493 e. The van der Waals surface area contributed by atoms with Crippen LogP contribution < -0.4 is 4.74 Å². The van der Waals surface area contributed by atoms with E-state index < -0.39 is 11.9 Å². The number of carboxylic acids is 1. The van der Waals surface area contributed by atoms with Crippen LogP contribution in [0.4, 0.5) is 0 Å². The summed E-state index contributed by atoms with van der Waals surface area (Å²) in [5.41, 5.74) is 4.70. The molecule has 0 heterocycles. The van der Waals surface area contributed by atoms with Crippen LogP contribution in [0.25, 0.3) is 11.6 Å². The molecule has 1 unspecified atom stereocenters. The quantitative estimate of drug-likeness (QED) is 0.528. The van der Waals surface area contributed by atoms with Gasteiger partial charge in [-0.2, -0.15) is 0 Å². The monoisotopic (exact) mass is 372 g/mol. The molecule has 0 fully saturated rings. The molecule has 0 aliphatic rings. The summed E-state index contributed by atoms with van der Waals surface area (Å²) in [6, 6.07) is 25.7. The lowest BCUT2D eigenvalue weighted by atomic mass is 9.90. The summed E-state index contributed by atoms with van der Waals surface area (Å²) in [6.07, 6.45) is 2.06. The van der Waals surface area contributed by atoms with Crippen molar-refractivity contribution in [1.82, 2.24) is 0 Å². The van der Waals surface area contributed by atoms with Crippen LogP contribution in [0.5, 0.6) is 5.75 Å². The number of rotatable bonds is 7. The van der Waals surface area contributed by atoms with Gasteiger partial charge in [0.1, 0.15) is 5.75 Å². The predicted octanol–water partition coefficient (Wildman–Crippen LogP) is 5.86. The molecule has 1 N–H and O–H groups in total. The standard InChI is InChI=1S/C25H24O3/c1-3-28-24-16-10-9-15-22(24)23(19-11-5-4-6-12-19)17-20-13-7-8-14-21(20)18(2)25(26)27/h4-18H,3H2,1-2H3,(H,26,27). The van der Waals surface area contributed by atoms with E-state index >= 15 is 0 Å². The van der Waals surface area contributed by atoms with Gasteiger partial charge in [0.2, 0.25) is 0 Å². The van der Waals surface area contributed by atoms with Crippen LogP contribution in [0.3, 0.4) is 0 Å².